The van der Waals surface area contributed by atoms with Crippen LogP contribution in [0.4, 0.5) is 5.69 Å². The molecular weight excluding hydrogens is 218 g/mol. The van der Waals surface area contributed by atoms with E-state index in [-0.39, 0.29) is 5.84 Å². The number of rotatable bonds is 5. The van der Waals surface area contributed by atoms with E-state index < -0.39 is 0 Å². The summed E-state index contributed by atoms with van der Waals surface area (Å²) in [5, 5.41) is 7.43. The van der Waals surface area contributed by atoms with Gasteiger partial charge in [-0.1, -0.05) is 0 Å². The van der Waals surface area contributed by atoms with Crippen molar-refractivity contribution in [3.05, 3.63) is 29.3 Å². The minimum atomic E-state index is 0.135. The first-order chi connectivity index (χ1) is 7.56. The molecule has 16 heavy (non-hydrogen) atoms. The predicted octanol–water partition coefficient (Wildman–Crippen LogP) is 2.08. The van der Waals surface area contributed by atoms with E-state index in [0.29, 0.717) is 0 Å². The van der Waals surface area contributed by atoms with Gasteiger partial charge in [0, 0.05) is 30.6 Å². The highest BCUT2D eigenvalue weighted by atomic mass is 32.2. The van der Waals surface area contributed by atoms with Crippen LogP contribution >= 0.6 is 11.8 Å². The zero-order chi connectivity index (χ0) is 12.1. The number of hydrogen-bond acceptors (Lipinski definition) is 3. The van der Waals surface area contributed by atoms with Gasteiger partial charge < -0.3 is 10.6 Å². The second kappa shape index (κ2) is 5.80. The molecule has 0 aromatic heterocycles. The summed E-state index contributed by atoms with van der Waals surface area (Å²) in [5.74, 6) is 1.25. The van der Waals surface area contributed by atoms with Gasteiger partial charge in [0.25, 0.3) is 0 Å². The number of nitrogens with one attached hydrogen (secondary N) is 1. The van der Waals surface area contributed by atoms with Gasteiger partial charge in [-0.05, 0) is 36.9 Å². The third-order valence-corrected chi connectivity index (χ3v) is 3.16. The van der Waals surface area contributed by atoms with Gasteiger partial charge in [0.1, 0.15) is 5.84 Å². The fraction of sp³-hybridized carbons (Fsp3) is 0.417. The molecule has 1 rings (SSSR count). The summed E-state index contributed by atoms with van der Waals surface area (Å²) in [6.07, 6.45) is 2.11. The molecule has 0 atom stereocenters. The zero-order valence-electron chi connectivity index (χ0n) is 10.1. The van der Waals surface area contributed by atoms with Crippen molar-refractivity contribution >= 4 is 23.3 Å². The topological polar surface area (TPSA) is 53.1 Å². The van der Waals surface area contributed by atoms with Gasteiger partial charge in [0.2, 0.25) is 0 Å². The number of nitrogen functional groups attached to an aromatic ring is 1. The van der Waals surface area contributed by atoms with Crippen LogP contribution in [0.25, 0.3) is 0 Å². The van der Waals surface area contributed by atoms with E-state index in [1.54, 1.807) is 0 Å². The molecule has 1 aromatic carbocycles. The van der Waals surface area contributed by atoms with Crippen molar-refractivity contribution in [2.45, 2.75) is 6.92 Å². The molecule has 0 aliphatic rings. The summed E-state index contributed by atoms with van der Waals surface area (Å²) in [7, 11) is 2.08. The molecule has 0 fully saturated rings. The molecule has 0 aliphatic heterocycles. The molecule has 0 unspecified atom stereocenters. The summed E-state index contributed by atoms with van der Waals surface area (Å²) in [4.78, 5) is 2.22. The Morgan fingerprint density at radius 1 is 1.50 bits per heavy atom. The Kier molecular flexibility index (Phi) is 4.68. The van der Waals surface area contributed by atoms with Gasteiger partial charge in [-0.15, -0.1) is 0 Å². The van der Waals surface area contributed by atoms with Crippen LogP contribution in [-0.2, 0) is 0 Å². The van der Waals surface area contributed by atoms with Crippen LogP contribution in [0.1, 0.15) is 11.1 Å². The van der Waals surface area contributed by atoms with Crippen LogP contribution in [-0.4, -0.2) is 31.4 Å². The van der Waals surface area contributed by atoms with Crippen LogP contribution in [0.15, 0.2) is 18.2 Å². The number of amidine groups is 1. The highest BCUT2D eigenvalue weighted by molar-refractivity contribution is 7.98. The maximum Gasteiger partial charge on any atom is 0.123 e. The third-order valence-electron chi connectivity index (χ3n) is 2.57. The van der Waals surface area contributed by atoms with Crippen LogP contribution in [0.3, 0.4) is 0 Å². The quantitative estimate of drug-likeness (QED) is 0.609. The highest BCUT2D eigenvalue weighted by Gasteiger charge is 2.05. The fourth-order valence-electron chi connectivity index (χ4n) is 1.54. The standard InChI is InChI=1S/C12H19N3S/c1-9-8-10(15(2)6-7-16-3)4-5-11(9)12(13)14/h4-5,8H,6-7H2,1-3H3,(H3,13,14). The summed E-state index contributed by atoms with van der Waals surface area (Å²) in [6, 6.07) is 6.02. The van der Waals surface area contributed by atoms with Crippen molar-refractivity contribution in [2.24, 2.45) is 5.73 Å². The molecule has 0 saturated heterocycles. The lowest BCUT2D eigenvalue weighted by Crippen LogP contribution is -2.21. The molecule has 1 aromatic rings. The van der Waals surface area contributed by atoms with Crippen molar-refractivity contribution in [1.82, 2.24) is 0 Å². The van der Waals surface area contributed by atoms with Gasteiger partial charge >= 0.3 is 0 Å². The number of benzene rings is 1. The van der Waals surface area contributed by atoms with Crippen molar-refractivity contribution < 1.29 is 0 Å². The Balaban J connectivity index is 2.84. The molecule has 88 valence electrons. The Morgan fingerprint density at radius 2 is 2.19 bits per heavy atom. The number of aryl methyl sites for hydroxylation is 1. The van der Waals surface area contributed by atoms with Gasteiger partial charge in [0.05, 0.1) is 0 Å². The number of anilines is 1. The normalized spacial score (nSPS) is 10.2. The smallest absolute Gasteiger partial charge is 0.123 e. The first-order valence-electron chi connectivity index (χ1n) is 5.21. The van der Waals surface area contributed by atoms with E-state index in [2.05, 4.69) is 24.3 Å². The lowest BCUT2D eigenvalue weighted by atomic mass is 10.1. The minimum Gasteiger partial charge on any atom is -0.384 e. The SMILES string of the molecule is CSCCN(C)c1ccc(C(=N)N)c(C)c1. The molecule has 3 nitrogen and oxygen atoms in total. The van der Waals surface area contributed by atoms with Gasteiger partial charge in [-0.3, -0.25) is 5.41 Å². The molecule has 4 heteroatoms. The Bertz CT molecular complexity index is 377. The second-order valence-electron chi connectivity index (χ2n) is 3.83. The van der Waals surface area contributed by atoms with E-state index in [1.807, 2.05) is 30.8 Å². The number of nitrogens with two attached hydrogens (primary N) is 1. The lowest BCUT2D eigenvalue weighted by Gasteiger charge is -2.20. The molecule has 0 amide bonds. The molecule has 3 N–H and O–H groups in total. The maximum atomic E-state index is 7.43. The summed E-state index contributed by atoms with van der Waals surface area (Å²) < 4.78 is 0. The van der Waals surface area contributed by atoms with Crippen molar-refractivity contribution in [1.29, 1.82) is 5.41 Å². The van der Waals surface area contributed by atoms with Gasteiger partial charge in [0.15, 0.2) is 0 Å². The van der Waals surface area contributed by atoms with Crippen LogP contribution in [0, 0.1) is 12.3 Å². The molecule has 0 heterocycles. The Morgan fingerprint density at radius 3 is 2.69 bits per heavy atom. The van der Waals surface area contributed by atoms with Crippen molar-refractivity contribution in [2.75, 3.05) is 30.5 Å². The minimum absolute atomic E-state index is 0.135. The summed E-state index contributed by atoms with van der Waals surface area (Å²) in [6.45, 7) is 3.02. The van der Waals surface area contributed by atoms with E-state index >= 15 is 0 Å². The Labute approximate surface area is 102 Å². The second-order valence-corrected chi connectivity index (χ2v) is 4.81. The molecule has 0 saturated carbocycles. The largest absolute Gasteiger partial charge is 0.384 e. The number of thioether (sulfide) groups is 1. The van der Waals surface area contributed by atoms with E-state index in [4.69, 9.17) is 11.1 Å². The molecule has 0 bridgehead atoms. The number of nitrogens with zero attached hydrogens (tertiary/aromatic N) is 1. The lowest BCUT2D eigenvalue weighted by molar-refractivity contribution is 0.976. The van der Waals surface area contributed by atoms with Crippen LogP contribution < -0.4 is 10.6 Å². The molecular formula is C12H19N3S. The molecule has 0 spiro atoms. The van der Waals surface area contributed by atoms with Crippen LogP contribution in [0.2, 0.25) is 0 Å². The average molecular weight is 237 g/mol. The van der Waals surface area contributed by atoms with E-state index in [9.17, 15) is 0 Å². The van der Waals surface area contributed by atoms with E-state index in [1.165, 1.54) is 5.69 Å². The highest BCUT2D eigenvalue weighted by Crippen LogP contribution is 2.18. The summed E-state index contributed by atoms with van der Waals surface area (Å²) in [5.41, 5.74) is 8.54. The first kappa shape index (κ1) is 12.9. The number of hydrogen-bond donors (Lipinski definition) is 2. The van der Waals surface area contributed by atoms with Gasteiger partial charge in [-0.25, -0.2) is 0 Å². The fourth-order valence-corrected chi connectivity index (χ4v) is 2.00. The molecule has 0 aliphatic carbocycles. The Hall–Kier alpha value is -1.16. The first-order valence-corrected chi connectivity index (χ1v) is 6.60. The summed E-state index contributed by atoms with van der Waals surface area (Å²) >= 11 is 1.84. The monoisotopic (exact) mass is 237 g/mol. The molecule has 0 radical (unpaired) electrons. The van der Waals surface area contributed by atoms with E-state index in [0.717, 1.165) is 23.4 Å². The van der Waals surface area contributed by atoms with Gasteiger partial charge in [-0.2, -0.15) is 11.8 Å². The zero-order valence-corrected chi connectivity index (χ0v) is 10.9. The van der Waals surface area contributed by atoms with Crippen molar-refractivity contribution in [3.63, 3.8) is 0 Å². The van der Waals surface area contributed by atoms with Crippen molar-refractivity contribution in [3.8, 4) is 0 Å². The maximum absolute atomic E-state index is 7.43. The average Bonchev–Trinajstić information content (AvgIpc) is 2.25. The van der Waals surface area contributed by atoms with Crippen LogP contribution in [0.5, 0.6) is 0 Å². The third kappa shape index (κ3) is 3.17. The predicted molar refractivity (Wildman–Crippen MR) is 73.8 cm³/mol.